The van der Waals surface area contributed by atoms with Gasteiger partial charge >= 0.3 is 0 Å². The van der Waals surface area contributed by atoms with Gasteiger partial charge in [-0.3, -0.25) is 0 Å². The largest absolute Gasteiger partial charge is 0.367 e. The molecular formula is C6H11N5. The highest BCUT2D eigenvalue weighted by Gasteiger charge is 2.21. The molecule has 0 amide bonds. The van der Waals surface area contributed by atoms with Gasteiger partial charge in [-0.1, -0.05) is 17.9 Å². The van der Waals surface area contributed by atoms with Gasteiger partial charge in [-0.25, -0.2) is 4.68 Å². The van der Waals surface area contributed by atoms with E-state index < -0.39 is 0 Å². The van der Waals surface area contributed by atoms with Crippen molar-refractivity contribution >= 4 is 5.95 Å². The average molecular weight is 153 g/mol. The van der Waals surface area contributed by atoms with Crippen molar-refractivity contribution in [3.05, 3.63) is 0 Å². The van der Waals surface area contributed by atoms with Crippen LogP contribution in [0, 0.1) is 5.92 Å². The van der Waals surface area contributed by atoms with Gasteiger partial charge in [0.2, 0.25) is 5.95 Å². The molecule has 0 atom stereocenters. The first-order chi connectivity index (χ1) is 5.36. The third-order valence-corrected chi connectivity index (χ3v) is 2.01. The predicted molar refractivity (Wildman–Crippen MR) is 39.6 cm³/mol. The normalized spacial score (nSPS) is 17.1. The lowest BCUT2D eigenvalue weighted by Gasteiger charge is -1.97. The fourth-order valence-electron chi connectivity index (χ4n) is 1.08. The molecule has 0 aliphatic heterocycles. The van der Waals surface area contributed by atoms with Crippen LogP contribution in [0.15, 0.2) is 0 Å². The quantitative estimate of drug-likeness (QED) is 0.666. The van der Waals surface area contributed by atoms with Crippen LogP contribution < -0.4 is 5.73 Å². The Hall–Kier alpha value is -1.13. The fraction of sp³-hybridized carbons (Fsp3) is 0.833. The molecule has 0 radical (unpaired) electrons. The highest BCUT2D eigenvalue weighted by molar-refractivity contribution is 5.09. The van der Waals surface area contributed by atoms with Gasteiger partial charge in [0, 0.05) is 6.54 Å². The van der Waals surface area contributed by atoms with Gasteiger partial charge in [0.15, 0.2) is 0 Å². The number of nitrogens with two attached hydrogens (primary N) is 1. The molecule has 1 saturated carbocycles. The zero-order valence-electron chi connectivity index (χ0n) is 6.27. The lowest BCUT2D eigenvalue weighted by molar-refractivity contribution is 0.536. The average Bonchev–Trinajstić information content (AvgIpc) is 2.73. The maximum atomic E-state index is 5.47. The first kappa shape index (κ1) is 6.57. The molecule has 0 saturated heterocycles. The molecule has 11 heavy (non-hydrogen) atoms. The summed E-state index contributed by atoms with van der Waals surface area (Å²) in [6.07, 6.45) is 3.89. The van der Waals surface area contributed by atoms with E-state index >= 15 is 0 Å². The number of nitrogen functional groups attached to an aromatic ring is 1. The molecule has 1 fully saturated rings. The van der Waals surface area contributed by atoms with Crippen LogP contribution in [0.1, 0.15) is 19.3 Å². The maximum absolute atomic E-state index is 5.47. The topological polar surface area (TPSA) is 69.6 Å². The van der Waals surface area contributed by atoms with Gasteiger partial charge in [0.25, 0.3) is 0 Å². The molecule has 1 aromatic heterocycles. The molecule has 0 spiro atoms. The predicted octanol–water partition coefficient (Wildman–Crippen LogP) is 0.0554. The van der Waals surface area contributed by atoms with Gasteiger partial charge in [-0.05, 0) is 22.8 Å². The summed E-state index contributed by atoms with van der Waals surface area (Å²) in [6, 6.07) is 0. The summed E-state index contributed by atoms with van der Waals surface area (Å²) < 4.78 is 1.65. The van der Waals surface area contributed by atoms with Crippen molar-refractivity contribution in [2.24, 2.45) is 5.92 Å². The zero-order chi connectivity index (χ0) is 7.68. The number of nitrogens with zero attached hydrogens (tertiary/aromatic N) is 4. The van der Waals surface area contributed by atoms with Crippen LogP contribution in [0.2, 0.25) is 0 Å². The Morgan fingerprint density at radius 3 is 2.91 bits per heavy atom. The number of rotatable bonds is 3. The number of hydrogen-bond acceptors (Lipinski definition) is 4. The van der Waals surface area contributed by atoms with Gasteiger partial charge < -0.3 is 5.73 Å². The summed E-state index contributed by atoms with van der Waals surface area (Å²) in [7, 11) is 0. The summed E-state index contributed by atoms with van der Waals surface area (Å²) in [4.78, 5) is 0. The van der Waals surface area contributed by atoms with Crippen molar-refractivity contribution in [3.8, 4) is 0 Å². The van der Waals surface area contributed by atoms with E-state index in [1.54, 1.807) is 4.68 Å². The van der Waals surface area contributed by atoms with Crippen molar-refractivity contribution in [3.63, 3.8) is 0 Å². The highest BCUT2D eigenvalue weighted by Crippen LogP contribution is 2.32. The van der Waals surface area contributed by atoms with E-state index in [1.807, 2.05) is 0 Å². The SMILES string of the molecule is Nc1nnnn1CCC1CC1. The zero-order valence-corrected chi connectivity index (χ0v) is 6.27. The molecule has 5 nitrogen and oxygen atoms in total. The summed E-state index contributed by atoms with van der Waals surface area (Å²) in [5.41, 5.74) is 5.47. The number of aryl methyl sites for hydroxylation is 1. The van der Waals surface area contributed by atoms with Crippen molar-refractivity contribution < 1.29 is 0 Å². The van der Waals surface area contributed by atoms with Crippen LogP contribution in [0.25, 0.3) is 0 Å². The summed E-state index contributed by atoms with van der Waals surface area (Å²) in [6.45, 7) is 0.865. The van der Waals surface area contributed by atoms with Gasteiger partial charge in [-0.2, -0.15) is 0 Å². The van der Waals surface area contributed by atoms with E-state index in [4.69, 9.17) is 5.73 Å². The lowest BCUT2D eigenvalue weighted by atomic mass is 10.3. The van der Waals surface area contributed by atoms with Crippen LogP contribution >= 0.6 is 0 Å². The molecule has 2 N–H and O–H groups in total. The van der Waals surface area contributed by atoms with Crippen molar-refractivity contribution in [1.82, 2.24) is 20.2 Å². The van der Waals surface area contributed by atoms with Gasteiger partial charge in [-0.15, -0.1) is 0 Å². The van der Waals surface area contributed by atoms with E-state index in [9.17, 15) is 0 Å². The van der Waals surface area contributed by atoms with E-state index in [1.165, 1.54) is 12.8 Å². The number of aromatic nitrogens is 4. The molecule has 0 unspecified atom stereocenters. The molecule has 1 aromatic rings. The first-order valence-corrected chi connectivity index (χ1v) is 3.88. The van der Waals surface area contributed by atoms with Crippen LogP contribution in [-0.2, 0) is 6.54 Å². The second-order valence-electron chi connectivity index (χ2n) is 2.99. The molecular weight excluding hydrogens is 142 g/mol. The smallest absolute Gasteiger partial charge is 0.240 e. The number of hydrogen-bond donors (Lipinski definition) is 1. The van der Waals surface area contributed by atoms with Crippen molar-refractivity contribution in [2.45, 2.75) is 25.8 Å². The van der Waals surface area contributed by atoms with E-state index in [-0.39, 0.29) is 0 Å². The van der Waals surface area contributed by atoms with Crippen LogP contribution in [0.3, 0.4) is 0 Å². The minimum absolute atomic E-state index is 0.422. The molecule has 5 heteroatoms. The summed E-state index contributed by atoms with van der Waals surface area (Å²) in [5, 5.41) is 10.8. The van der Waals surface area contributed by atoms with Crippen LogP contribution in [0.4, 0.5) is 5.95 Å². The molecule has 0 bridgehead atoms. The molecule has 2 rings (SSSR count). The van der Waals surface area contributed by atoms with Crippen LogP contribution in [-0.4, -0.2) is 20.2 Å². The third-order valence-electron chi connectivity index (χ3n) is 2.01. The Morgan fingerprint density at radius 1 is 1.55 bits per heavy atom. The monoisotopic (exact) mass is 153 g/mol. The minimum atomic E-state index is 0.422. The second kappa shape index (κ2) is 2.48. The van der Waals surface area contributed by atoms with E-state index in [0.717, 1.165) is 18.9 Å². The standard InChI is InChI=1S/C6H11N5/c7-6-8-9-10-11(6)4-3-5-1-2-5/h5H,1-4H2,(H2,7,8,10). The summed E-state index contributed by atoms with van der Waals surface area (Å²) in [5.74, 6) is 1.32. The fourth-order valence-corrected chi connectivity index (χ4v) is 1.08. The minimum Gasteiger partial charge on any atom is -0.367 e. The van der Waals surface area contributed by atoms with Crippen molar-refractivity contribution in [2.75, 3.05) is 5.73 Å². The lowest BCUT2D eigenvalue weighted by Crippen LogP contribution is -2.05. The van der Waals surface area contributed by atoms with Gasteiger partial charge in [0.05, 0.1) is 0 Å². The summed E-state index contributed by atoms with van der Waals surface area (Å²) >= 11 is 0. The Bertz CT molecular complexity index is 239. The first-order valence-electron chi connectivity index (χ1n) is 3.88. The van der Waals surface area contributed by atoms with Gasteiger partial charge in [0.1, 0.15) is 0 Å². The Balaban J connectivity index is 1.89. The Kier molecular flexibility index (Phi) is 1.48. The number of tetrazole rings is 1. The maximum Gasteiger partial charge on any atom is 0.240 e. The molecule has 1 aliphatic carbocycles. The Morgan fingerprint density at radius 2 is 2.36 bits per heavy atom. The molecule has 60 valence electrons. The molecule has 1 aliphatic rings. The van der Waals surface area contributed by atoms with E-state index in [2.05, 4.69) is 15.5 Å². The second-order valence-corrected chi connectivity index (χ2v) is 2.99. The molecule has 1 heterocycles. The third kappa shape index (κ3) is 1.47. The highest BCUT2D eigenvalue weighted by atomic mass is 15.6. The molecule has 0 aromatic carbocycles. The van der Waals surface area contributed by atoms with Crippen LogP contribution in [0.5, 0.6) is 0 Å². The Labute approximate surface area is 64.6 Å². The van der Waals surface area contributed by atoms with E-state index in [0.29, 0.717) is 5.95 Å². The number of anilines is 1. The van der Waals surface area contributed by atoms with Crippen molar-refractivity contribution in [1.29, 1.82) is 0 Å².